The molecule has 1 fully saturated rings. The zero-order valence-electron chi connectivity index (χ0n) is 11.7. The Bertz CT molecular complexity index is 578. The van der Waals surface area contributed by atoms with Crippen molar-refractivity contribution in [3.8, 4) is 0 Å². The monoisotopic (exact) mass is 310 g/mol. The van der Waals surface area contributed by atoms with E-state index in [0.717, 1.165) is 0 Å². The van der Waals surface area contributed by atoms with E-state index < -0.39 is 16.8 Å². The standard InChI is InChI=1S/C14H18N2O4S/c1-9-2-3-11(8-12(9)13(17)18)16-14(19)15-10-4-6-21(20)7-5-10/h2-3,8,10H,4-7H2,1H3,(H,17,18)(H2,15,16,19). The number of carboxylic acids is 1. The minimum Gasteiger partial charge on any atom is -0.478 e. The first-order valence-corrected chi connectivity index (χ1v) is 8.21. The molecule has 1 aromatic rings. The number of hydrogen-bond donors (Lipinski definition) is 3. The maximum atomic E-state index is 11.9. The van der Waals surface area contributed by atoms with Gasteiger partial charge in [-0.1, -0.05) is 6.07 Å². The molecule has 0 unspecified atom stereocenters. The summed E-state index contributed by atoms with van der Waals surface area (Å²) in [5.41, 5.74) is 1.25. The van der Waals surface area contributed by atoms with E-state index in [1.54, 1.807) is 19.1 Å². The van der Waals surface area contributed by atoms with Gasteiger partial charge in [0.15, 0.2) is 0 Å². The van der Waals surface area contributed by atoms with Crippen molar-refractivity contribution in [2.75, 3.05) is 16.8 Å². The second-order valence-electron chi connectivity index (χ2n) is 5.06. The van der Waals surface area contributed by atoms with Crippen LogP contribution in [0.3, 0.4) is 0 Å². The molecule has 0 saturated carbocycles. The van der Waals surface area contributed by atoms with Crippen LogP contribution in [0.15, 0.2) is 18.2 Å². The van der Waals surface area contributed by atoms with Gasteiger partial charge in [-0.3, -0.25) is 4.21 Å². The first-order chi connectivity index (χ1) is 9.95. The summed E-state index contributed by atoms with van der Waals surface area (Å²) >= 11 is 0. The lowest BCUT2D eigenvalue weighted by molar-refractivity contribution is 0.0696. The van der Waals surface area contributed by atoms with Gasteiger partial charge in [-0.2, -0.15) is 0 Å². The third-order valence-corrected chi connectivity index (χ3v) is 4.83. The number of hydrogen-bond acceptors (Lipinski definition) is 3. The number of amides is 2. The van der Waals surface area contributed by atoms with Crippen molar-refractivity contribution in [3.63, 3.8) is 0 Å². The van der Waals surface area contributed by atoms with E-state index in [1.165, 1.54) is 6.07 Å². The van der Waals surface area contributed by atoms with E-state index in [1.807, 2.05) is 0 Å². The molecule has 0 radical (unpaired) electrons. The number of urea groups is 1. The predicted octanol–water partition coefficient (Wildman–Crippen LogP) is 1.73. The van der Waals surface area contributed by atoms with E-state index in [4.69, 9.17) is 5.11 Å². The van der Waals surface area contributed by atoms with Crippen LogP contribution in [0.25, 0.3) is 0 Å². The Balaban J connectivity index is 1.95. The molecular formula is C14H18N2O4S. The van der Waals surface area contributed by atoms with Gasteiger partial charge in [-0.25, -0.2) is 9.59 Å². The fourth-order valence-corrected chi connectivity index (χ4v) is 3.52. The fourth-order valence-electron chi connectivity index (χ4n) is 2.22. The number of carbonyl (C=O) groups is 2. The highest BCUT2D eigenvalue weighted by Gasteiger charge is 2.19. The summed E-state index contributed by atoms with van der Waals surface area (Å²) in [5, 5.41) is 14.5. The van der Waals surface area contributed by atoms with Crippen molar-refractivity contribution in [1.29, 1.82) is 0 Å². The molecule has 1 heterocycles. The van der Waals surface area contributed by atoms with Crippen molar-refractivity contribution in [3.05, 3.63) is 29.3 Å². The Morgan fingerprint density at radius 2 is 1.95 bits per heavy atom. The number of carboxylic acid groups (broad SMARTS) is 1. The number of anilines is 1. The van der Waals surface area contributed by atoms with E-state index in [9.17, 15) is 13.8 Å². The third-order valence-electron chi connectivity index (χ3n) is 3.45. The van der Waals surface area contributed by atoms with Crippen molar-refractivity contribution in [1.82, 2.24) is 5.32 Å². The molecule has 0 aliphatic carbocycles. The fraction of sp³-hybridized carbons (Fsp3) is 0.429. The quantitative estimate of drug-likeness (QED) is 0.792. The average Bonchev–Trinajstić information content (AvgIpc) is 2.43. The predicted molar refractivity (Wildman–Crippen MR) is 81.2 cm³/mol. The Kier molecular flexibility index (Phi) is 4.95. The van der Waals surface area contributed by atoms with Crippen LogP contribution in [0.1, 0.15) is 28.8 Å². The molecule has 0 aromatic heterocycles. The lowest BCUT2D eigenvalue weighted by Crippen LogP contribution is -2.41. The number of nitrogens with one attached hydrogen (secondary N) is 2. The Hall–Kier alpha value is -1.89. The molecule has 1 aromatic carbocycles. The minimum absolute atomic E-state index is 0.0205. The lowest BCUT2D eigenvalue weighted by atomic mass is 10.1. The smallest absolute Gasteiger partial charge is 0.336 e. The SMILES string of the molecule is Cc1ccc(NC(=O)NC2CCS(=O)CC2)cc1C(=O)O. The number of aromatic carboxylic acids is 1. The summed E-state index contributed by atoms with van der Waals surface area (Å²) in [6.07, 6.45) is 1.41. The van der Waals surface area contributed by atoms with E-state index in [0.29, 0.717) is 35.6 Å². The number of aryl methyl sites for hydroxylation is 1. The van der Waals surface area contributed by atoms with Gasteiger partial charge in [-0.05, 0) is 37.5 Å². The molecular weight excluding hydrogens is 292 g/mol. The molecule has 3 N–H and O–H groups in total. The van der Waals surface area contributed by atoms with Crippen LogP contribution < -0.4 is 10.6 Å². The van der Waals surface area contributed by atoms with Gasteiger partial charge in [-0.15, -0.1) is 0 Å². The van der Waals surface area contributed by atoms with E-state index in [-0.39, 0.29) is 17.6 Å². The lowest BCUT2D eigenvalue weighted by Gasteiger charge is -2.22. The molecule has 1 aliphatic rings. The molecule has 114 valence electrons. The van der Waals surface area contributed by atoms with Crippen LogP contribution in [0.2, 0.25) is 0 Å². The second kappa shape index (κ2) is 6.71. The zero-order valence-corrected chi connectivity index (χ0v) is 12.5. The van der Waals surface area contributed by atoms with Gasteiger partial charge in [0, 0.05) is 34.0 Å². The summed E-state index contributed by atoms with van der Waals surface area (Å²) < 4.78 is 11.2. The first-order valence-electron chi connectivity index (χ1n) is 6.72. The Labute approximate surface area is 125 Å². The highest BCUT2D eigenvalue weighted by Crippen LogP contribution is 2.16. The second-order valence-corrected chi connectivity index (χ2v) is 6.75. The summed E-state index contributed by atoms with van der Waals surface area (Å²) in [6, 6.07) is 4.41. The molecule has 1 aliphatic heterocycles. The third kappa shape index (κ3) is 4.29. The largest absolute Gasteiger partial charge is 0.478 e. The van der Waals surface area contributed by atoms with Gasteiger partial charge in [0.1, 0.15) is 0 Å². The van der Waals surface area contributed by atoms with Gasteiger partial charge in [0.2, 0.25) is 0 Å². The topological polar surface area (TPSA) is 95.5 Å². The summed E-state index contributed by atoms with van der Waals surface area (Å²) in [6.45, 7) is 1.70. The molecule has 6 nitrogen and oxygen atoms in total. The number of benzene rings is 1. The van der Waals surface area contributed by atoms with Crippen LogP contribution in [0.5, 0.6) is 0 Å². The molecule has 7 heteroatoms. The molecule has 0 spiro atoms. The van der Waals surface area contributed by atoms with Crippen LogP contribution in [0, 0.1) is 6.92 Å². The molecule has 21 heavy (non-hydrogen) atoms. The van der Waals surface area contributed by atoms with Crippen LogP contribution in [0.4, 0.5) is 10.5 Å². The van der Waals surface area contributed by atoms with Gasteiger partial charge < -0.3 is 15.7 Å². The highest BCUT2D eigenvalue weighted by molar-refractivity contribution is 7.85. The van der Waals surface area contributed by atoms with Crippen molar-refractivity contribution >= 4 is 28.5 Å². The van der Waals surface area contributed by atoms with Crippen molar-refractivity contribution in [2.45, 2.75) is 25.8 Å². The van der Waals surface area contributed by atoms with E-state index in [2.05, 4.69) is 10.6 Å². The van der Waals surface area contributed by atoms with E-state index >= 15 is 0 Å². The minimum atomic E-state index is -1.02. The van der Waals surface area contributed by atoms with Crippen molar-refractivity contribution < 1.29 is 18.9 Å². The molecule has 0 atom stereocenters. The summed E-state index contributed by atoms with van der Waals surface area (Å²) in [5.74, 6) is 0.198. The summed E-state index contributed by atoms with van der Waals surface area (Å²) in [4.78, 5) is 22.9. The van der Waals surface area contributed by atoms with Gasteiger partial charge >= 0.3 is 12.0 Å². The normalized spacial score (nSPS) is 21.6. The number of rotatable bonds is 3. The number of carbonyl (C=O) groups excluding carboxylic acids is 1. The molecule has 0 bridgehead atoms. The maximum absolute atomic E-state index is 11.9. The first kappa shape index (κ1) is 15.5. The Morgan fingerprint density at radius 1 is 1.29 bits per heavy atom. The van der Waals surface area contributed by atoms with Gasteiger partial charge in [0.05, 0.1) is 5.56 Å². The van der Waals surface area contributed by atoms with Crippen molar-refractivity contribution in [2.24, 2.45) is 0 Å². The zero-order chi connectivity index (χ0) is 15.4. The Morgan fingerprint density at radius 3 is 2.57 bits per heavy atom. The highest BCUT2D eigenvalue weighted by atomic mass is 32.2. The molecule has 2 amide bonds. The average molecular weight is 310 g/mol. The van der Waals surface area contributed by atoms with Gasteiger partial charge in [0.25, 0.3) is 0 Å². The van der Waals surface area contributed by atoms with Crippen LogP contribution in [-0.2, 0) is 10.8 Å². The van der Waals surface area contributed by atoms with Crippen LogP contribution in [-0.4, -0.2) is 38.9 Å². The van der Waals surface area contributed by atoms with Crippen LogP contribution >= 0.6 is 0 Å². The summed E-state index contributed by atoms with van der Waals surface area (Å²) in [7, 11) is -0.762. The molecule has 2 rings (SSSR count). The molecule has 1 saturated heterocycles. The maximum Gasteiger partial charge on any atom is 0.336 e.